The Morgan fingerprint density at radius 1 is 0.882 bits per heavy atom. The molecule has 0 unspecified atom stereocenters. The van der Waals surface area contributed by atoms with Crippen LogP contribution in [0.25, 0.3) is 0 Å². The Morgan fingerprint density at radius 2 is 1.59 bits per heavy atom. The summed E-state index contributed by atoms with van der Waals surface area (Å²) in [6.45, 7) is -0.400. The van der Waals surface area contributed by atoms with Crippen molar-refractivity contribution in [2.24, 2.45) is 0 Å². The first-order valence-corrected chi connectivity index (χ1v) is 6.28. The predicted molar refractivity (Wildman–Crippen MR) is 73.2 cm³/mol. The van der Waals surface area contributed by atoms with Crippen molar-refractivity contribution in [3.63, 3.8) is 0 Å². The van der Waals surface area contributed by atoms with Crippen LogP contribution < -0.4 is 0 Å². The smallest absolute Gasteiger partial charge is 0.115 e. The number of rotatable bonds is 4. The molecule has 0 aromatic heterocycles. The van der Waals surface area contributed by atoms with Crippen molar-refractivity contribution in [3.8, 4) is 0 Å². The number of alkyl halides is 1. The van der Waals surface area contributed by atoms with E-state index in [-0.39, 0.29) is 0 Å². The number of hydrogen-bond donors (Lipinski definition) is 1. The third-order valence-corrected chi connectivity index (χ3v) is 3.20. The summed E-state index contributed by atoms with van der Waals surface area (Å²) in [5.74, 6) is 0.735. The Bertz CT molecular complexity index is 494. The third-order valence-electron chi connectivity index (χ3n) is 2.83. The van der Waals surface area contributed by atoms with Crippen LogP contribution in [0.3, 0.4) is 0 Å². The maximum Gasteiger partial charge on any atom is 0.115 e. The van der Waals surface area contributed by atoms with Gasteiger partial charge >= 0.3 is 0 Å². The first-order chi connectivity index (χ1) is 8.33. The van der Waals surface area contributed by atoms with E-state index in [0.29, 0.717) is 0 Å². The molecule has 0 fully saturated rings. The number of thiol groups is 1. The summed E-state index contributed by atoms with van der Waals surface area (Å²) in [5, 5.41) is 0. The summed E-state index contributed by atoms with van der Waals surface area (Å²) >= 11 is 4.26. The summed E-state index contributed by atoms with van der Waals surface area (Å²) in [6, 6.07) is 15.9. The van der Waals surface area contributed by atoms with Crippen LogP contribution in [0.15, 0.2) is 48.5 Å². The van der Waals surface area contributed by atoms with Crippen molar-refractivity contribution in [1.29, 1.82) is 0 Å². The summed E-state index contributed by atoms with van der Waals surface area (Å²) in [4.78, 5) is 0. The molecule has 0 aliphatic rings. The van der Waals surface area contributed by atoms with Crippen molar-refractivity contribution in [2.75, 3.05) is 0 Å². The van der Waals surface area contributed by atoms with Gasteiger partial charge in [0.05, 0.1) is 0 Å². The van der Waals surface area contributed by atoms with Crippen LogP contribution >= 0.6 is 12.6 Å². The van der Waals surface area contributed by atoms with Crippen LogP contribution in [0.2, 0.25) is 0 Å². The molecule has 17 heavy (non-hydrogen) atoms. The third kappa shape index (κ3) is 3.10. The summed E-state index contributed by atoms with van der Waals surface area (Å²) in [6.07, 6.45) is 0.779. The molecule has 2 aromatic rings. The van der Waals surface area contributed by atoms with Crippen LogP contribution in [-0.4, -0.2) is 0 Å². The van der Waals surface area contributed by atoms with E-state index < -0.39 is 6.67 Å². The van der Waals surface area contributed by atoms with Crippen LogP contribution in [0.5, 0.6) is 0 Å². The molecule has 0 radical (unpaired) electrons. The van der Waals surface area contributed by atoms with E-state index in [1.165, 1.54) is 11.1 Å². The summed E-state index contributed by atoms with van der Waals surface area (Å²) in [7, 11) is 0. The zero-order chi connectivity index (χ0) is 12.1. The highest BCUT2D eigenvalue weighted by molar-refractivity contribution is 7.79. The Kier molecular flexibility index (Phi) is 4.21. The molecule has 0 bridgehead atoms. The zero-order valence-electron chi connectivity index (χ0n) is 9.57. The molecule has 0 N–H and O–H groups in total. The first-order valence-electron chi connectivity index (χ1n) is 5.65. The molecule has 0 aliphatic heterocycles. The number of halogens is 1. The van der Waals surface area contributed by atoms with Crippen molar-refractivity contribution in [3.05, 3.63) is 70.8 Å². The highest BCUT2D eigenvalue weighted by Gasteiger charge is 2.03. The van der Waals surface area contributed by atoms with E-state index in [4.69, 9.17) is 0 Å². The molecule has 2 rings (SSSR count). The van der Waals surface area contributed by atoms with Gasteiger partial charge < -0.3 is 0 Å². The van der Waals surface area contributed by atoms with Gasteiger partial charge in [-0.15, -0.1) is 0 Å². The number of benzene rings is 2. The van der Waals surface area contributed by atoms with Crippen LogP contribution in [-0.2, 0) is 18.8 Å². The van der Waals surface area contributed by atoms with Crippen molar-refractivity contribution in [1.82, 2.24) is 0 Å². The Labute approximate surface area is 107 Å². The van der Waals surface area contributed by atoms with Crippen LogP contribution in [0.4, 0.5) is 4.39 Å². The van der Waals surface area contributed by atoms with Gasteiger partial charge in [-0.3, -0.25) is 0 Å². The van der Waals surface area contributed by atoms with Crippen molar-refractivity contribution < 1.29 is 4.39 Å². The average molecular weight is 246 g/mol. The molecule has 0 heterocycles. The van der Waals surface area contributed by atoms with Gasteiger partial charge in [0.15, 0.2) is 0 Å². The summed E-state index contributed by atoms with van der Waals surface area (Å²) in [5.41, 5.74) is 4.25. The van der Waals surface area contributed by atoms with Gasteiger partial charge in [-0.25, -0.2) is 4.39 Å². The van der Waals surface area contributed by atoms with Gasteiger partial charge in [-0.05, 0) is 28.7 Å². The Balaban J connectivity index is 2.24. The van der Waals surface area contributed by atoms with Crippen molar-refractivity contribution in [2.45, 2.75) is 18.8 Å². The van der Waals surface area contributed by atoms with Gasteiger partial charge in [0.2, 0.25) is 0 Å². The minimum atomic E-state index is -0.400. The van der Waals surface area contributed by atoms with Gasteiger partial charge in [-0.2, -0.15) is 12.6 Å². The van der Waals surface area contributed by atoms with E-state index in [2.05, 4.69) is 30.8 Å². The predicted octanol–water partition coefficient (Wildman–Crippen LogP) is 4.18. The fourth-order valence-corrected chi connectivity index (χ4v) is 2.11. The molecule has 0 saturated carbocycles. The summed E-state index contributed by atoms with van der Waals surface area (Å²) < 4.78 is 12.8. The molecular weight excluding hydrogens is 231 g/mol. The maximum absolute atomic E-state index is 12.8. The monoisotopic (exact) mass is 246 g/mol. The second kappa shape index (κ2) is 5.87. The molecule has 88 valence electrons. The lowest BCUT2D eigenvalue weighted by molar-refractivity contribution is 0.483. The quantitative estimate of drug-likeness (QED) is 0.769. The zero-order valence-corrected chi connectivity index (χ0v) is 10.5. The minimum Gasteiger partial charge on any atom is -0.246 e. The first kappa shape index (κ1) is 12.2. The molecule has 0 nitrogen and oxygen atoms in total. The SMILES string of the molecule is FCc1ccccc1Cc1cccc(CS)c1. The molecule has 0 atom stereocenters. The van der Waals surface area contributed by atoms with E-state index >= 15 is 0 Å². The highest BCUT2D eigenvalue weighted by atomic mass is 32.1. The van der Waals surface area contributed by atoms with E-state index in [1.54, 1.807) is 0 Å². The van der Waals surface area contributed by atoms with Gasteiger partial charge in [0.1, 0.15) is 6.67 Å². The molecule has 0 amide bonds. The normalized spacial score (nSPS) is 10.5. The molecular formula is C15H15FS. The van der Waals surface area contributed by atoms with E-state index in [9.17, 15) is 4.39 Å². The van der Waals surface area contributed by atoms with Gasteiger partial charge in [0, 0.05) is 5.75 Å². The highest BCUT2D eigenvalue weighted by Crippen LogP contribution is 2.17. The fraction of sp³-hybridized carbons (Fsp3) is 0.200. The largest absolute Gasteiger partial charge is 0.246 e. The lowest BCUT2D eigenvalue weighted by atomic mass is 9.99. The standard InChI is InChI=1S/C15H15FS/c16-10-15-7-2-1-6-14(15)9-12-4-3-5-13(8-12)11-17/h1-8,17H,9-11H2. The van der Waals surface area contributed by atoms with Gasteiger partial charge in [0.25, 0.3) is 0 Å². The lowest BCUT2D eigenvalue weighted by Crippen LogP contribution is -1.94. The molecule has 2 heteroatoms. The minimum absolute atomic E-state index is 0.400. The second-order valence-electron chi connectivity index (χ2n) is 4.06. The van der Waals surface area contributed by atoms with E-state index in [1.807, 2.05) is 30.3 Å². The number of hydrogen-bond acceptors (Lipinski definition) is 1. The lowest BCUT2D eigenvalue weighted by Gasteiger charge is -2.07. The van der Waals surface area contributed by atoms with Crippen LogP contribution in [0.1, 0.15) is 22.3 Å². The molecule has 0 spiro atoms. The molecule has 0 saturated heterocycles. The maximum atomic E-state index is 12.8. The van der Waals surface area contributed by atoms with E-state index in [0.717, 1.165) is 23.3 Å². The fourth-order valence-electron chi connectivity index (χ4n) is 1.92. The van der Waals surface area contributed by atoms with Gasteiger partial charge in [-0.1, -0.05) is 48.5 Å². The van der Waals surface area contributed by atoms with Crippen LogP contribution in [0, 0.1) is 0 Å². The Morgan fingerprint density at radius 3 is 2.29 bits per heavy atom. The molecule has 2 aromatic carbocycles. The molecule has 0 aliphatic carbocycles. The Hall–Kier alpha value is -1.28. The van der Waals surface area contributed by atoms with Crippen molar-refractivity contribution >= 4 is 12.6 Å². The second-order valence-corrected chi connectivity index (χ2v) is 4.37. The topological polar surface area (TPSA) is 0 Å². The average Bonchev–Trinajstić information content (AvgIpc) is 2.39.